The molecule has 0 radical (unpaired) electrons. The first-order valence-electron chi connectivity index (χ1n) is 10.2. The summed E-state index contributed by atoms with van der Waals surface area (Å²) in [7, 11) is 3.47. The van der Waals surface area contributed by atoms with Gasteiger partial charge in [0.05, 0.1) is 36.4 Å². The molecule has 2 aliphatic rings. The summed E-state index contributed by atoms with van der Waals surface area (Å²) in [5.41, 5.74) is 2.26. The molecule has 3 rings (SSSR count). The lowest BCUT2D eigenvalue weighted by molar-refractivity contribution is 0.0964. The van der Waals surface area contributed by atoms with E-state index in [1.807, 2.05) is 31.3 Å². The van der Waals surface area contributed by atoms with Crippen LogP contribution in [0.25, 0.3) is 0 Å². The zero-order chi connectivity index (χ0) is 21.5. The summed E-state index contributed by atoms with van der Waals surface area (Å²) >= 11 is 0. The van der Waals surface area contributed by atoms with Crippen LogP contribution in [0.4, 0.5) is 10.6 Å². The van der Waals surface area contributed by atoms with Crippen molar-refractivity contribution in [2.45, 2.75) is 38.3 Å². The molecule has 3 heterocycles. The molecule has 2 amide bonds. The minimum Gasteiger partial charge on any atom is -0.450 e. The van der Waals surface area contributed by atoms with Crippen molar-refractivity contribution < 1.29 is 19.1 Å². The number of hydrogen-bond donors (Lipinski definition) is 3. The number of pyridine rings is 1. The molecule has 1 aromatic rings. The van der Waals surface area contributed by atoms with Crippen LogP contribution >= 0.6 is 0 Å². The molecular formula is C20H30N6O4. The van der Waals surface area contributed by atoms with E-state index in [0.717, 1.165) is 18.4 Å². The summed E-state index contributed by atoms with van der Waals surface area (Å²) in [6.45, 7) is 4.31. The summed E-state index contributed by atoms with van der Waals surface area (Å²) in [4.78, 5) is 29.0. The minimum atomic E-state index is -0.463. The van der Waals surface area contributed by atoms with E-state index in [-0.39, 0.29) is 17.9 Å². The van der Waals surface area contributed by atoms with Crippen LogP contribution in [0, 0.1) is 0 Å². The van der Waals surface area contributed by atoms with E-state index >= 15 is 0 Å². The van der Waals surface area contributed by atoms with E-state index in [2.05, 4.69) is 21.1 Å². The van der Waals surface area contributed by atoms with Gasteiger partial charge in [-0.1, -0.05) is 13.3 Å². The van der Waals surface area contributed by atoms with Crippen molar-refractivity contribution in [3.05, 3.63) is 22.9 Å². The van der Waals surface area contributed by atoms with Crippen molar-refractivity contribution in [3.8, 4) is 0 Å². The Labute approximate surface area is 176 Å². The highest BCUT2D eigenvalue weighted by atomic mass is 16.5. The predicted molar refractivity (Wildman–Crippen MR) is 113 cm³/mol. The quantitative estimate of drug-likeness (QED) is 0.490. The number of hydrogen-bond acceptors (Lipinski definition) is 8. The van der Waals surface area contributed by atoms with Gasteiger partial charge in [0, 0.05) is 40.0 Å². The normalized spacial score (nSPS) is 18.2. The van der Waals surface area contributed by atoms with Crippen molar-refractivity contribution >= 4 is 24.0 Å². The maximum Gasteiger partial charge on any atom is 0.407 e. The Bertz CT molecular complexity index is 800. The molecule has 0 aliphatic carbocycles. The number of unbranched alkanes of at least 4 members (excludes halogenated alkanes) is 1. The van der Waals surface area contributed by atoms with Gasteiger partial charge in [-0.3, -0.25) is 9.80 Å². The highest BCUT2D eigenvalue weighted by molar-refractivity contribution is 6.00. The predicted octanol–water partition coefficient (Wildman–Crippen LogP) is 1.29. The number of nitrogens with zero attached hydrogens (tertiary/aromatic N) is 3. The zero-order valence-electron chi connectivity index (χ0n) is 17.7. The van der Waals surface area contributed by atoms with Crippen LogP contribution in [0.5, 0.6) is 0 Å². The molecule has 164 valence electrons. The molecule has 0 bridgehead atoms. The molecule has 30 heavy (non-hydrogen) atoms. The molecule has 1 unspecified atom stereocenters. The third kappa shape index (κ3) is 5.38. The van der Waals surface area contributed by atoms with Crippen LogP contribution in [0.2, 0.25) is 0 Å². The van der Waals surface area contributed by atoms with Gasteiger partial charge in [-0.25, -0.2) is 9.78 Å². The molecule has 0 spiro atoms. The maximum atomic E-state index is 12.3. The van der Waals surface area contributed by atoms with Gasteiger partial charge < -0.3 is 25.4 Å². The fraction of sp³-hybridized carbons (Fsp3) is 0.600. The number of methoxy groups -OCH3 is 1. The second-order valence-corrected chi connectivity index (χ2v) is 7.49. The highest BCUT2D eigenvalue weighted by Gasteiger charge is 2.30. The SMILES string of the molecule is CCCCOC(=O)N[C@H](CNc1cc2c(c(C3C=NN(C)C3)n1)C(=O)NC2)COC. The van der Waals surface area contributed by atoms with Crippen molar-refractivity contribution in [2.24, 2.45) is 5.10 Å². The number of rotatable bonds is 10. The van der Waals surface area contributed by atoms with Gasteiger partial charge in [0.25, 0.3) is 5.91 Å². The molecule has 3 N–H and O–H groups in total. The van der Waals surface area contributed by atoms with E-state index in [1.165, 1.54) is 0 Å². The Morgan fingerprint density at radius 1 is 1.47 bits per heavy atom. The van der Waals surface area contributed by atoms with E-state index in [4.69, 9.17) is 14.5 Å². The Hall–Kier alpha value is -2.88. The van der Waals surface area contributed by atoms with Gasteiger partial charge in [-0.2, -0.15) is 5.10 Å². The van der Waals surface area contributed by atoms with E-state index in [1.54, 1.807) is 7.11 Å². The third-order valence-corrected chi connectivity index (χ3v) is 5.00. The van der Waals surface area contributed by atoms with Crippen molar-refractivity contribution in [1.29, 1.82) is 0 Å². The lowest BCUT2D eigenvalue weighted by Gasteiger charge is -2.20. The zero-order valence-corrected chi connectivity index (χ0v) is 17.7. The first-order chi connectivity index (χ1) is 14.5. The molecule has 10 nitrogen and oxygen atoms in total. The second kappa shape index (κ2) is 10.2. The van der Waals surface area contributed by atoms with Gasteiger partial charge in [0.2, 0.25) is 0 Å². The lowest BCUT2D eigenvalue weighted by atomic mass is 9.98. The average molecular weight is 418 g/mol. The molecule has 0 fully saturated rings. The first kappa shape index (κ1) is 21.8. The number of anilines is 1. The van der Waals surface area contributed by atoms with Gasteiger partial charge in [0.1, 0.15) is 5.82 Å². The molecular weight excluding hydrogens is 388 g/mol. The number of ether oxygens (including phenoxy) is 2. The topological polar surface area (TPSA) is 117 Å². The Balaban J connectivity index is 1.68. The van der Waals surface area contributed by atoms with Crippen LogP contribution in [-0.4, -0.2) is 74.7 Å². The maximum absolute atomic E-state index is 12.3. The van der Waals surface area contributed by atoms with E-state index < -0.39 is 6.09 Å². The van der Waals surface area contributed by atoms with Gasteiger partial charge >= 0.3 is 6.09 Å². The number of fused-ring (bicyclic) bond motifs is 1. The number of carbonyl (C=O) groups excluding carboxylic acids is 2. The van der Waals surface area contributed by atoms with Gasteiger partial charge in [-0.15, -0.1) is 0 Å². The van der Waals surface area contributed by atoms with Crippen LogP contribution < -0.4 is 16.0 Å². The Morgan fingerprint density at radius 3 is 3.00 bits per heavy atom. The Morgan fingerprint density at radius 2 is 2.30 bits per heavy atom. The van der Waals surface area contributed by atoms with Crippen molar-refractivity contribution in [3.63, 3.8) is 0 Å². The number of likely N-dealkylation sites (N-methyl/N-ethyl adjacent to an activating group) is 1. The fourth-order valence-electron chi connectivity index (χ4n) is 3.47. The number of hydrazone groups is 1. The second-order valence-electron chi connectivity index (χ2n) is 7.49. The van der Waals surface area contributed by atoms with Crippen LogP contribution in [-0.2, 0) is 16.0 Å². The number of aromatic nitrogens is 1. The lowest BCUT2D eigenvalue weighted by Crippen LogP contribution is -2.43. The highest BCUT2D eigenvalue weighted by Crippen LogP contribution is 2.29. The molecule has 2 aliphatic heterocycles. The first-order valence-corrected chi connectivity index (χ1v) is 10.2. The average Bonchev–Trinajstić information content (AvgIpc) is 3.32. The number of nitrogens with one attached hydrogen (secondary N) is 3. The number of alkyl carbamates (subject to hydrolysis) is 1. The summed E-state index contributed by atoms with van der Waals surface area (Å²) in [6.07, 6.45) is 3.14. The van der Waals surface area contributed by atoms with Gasteiger partial charge in [0.15, 0.2) is 0 Å². The van der Waals surface area contributed by atoms with Gasteiger partial charge in [-0.05, 0) is 18.1 Å². The fourth-order valence-corrected chi connectivity index (χ4v) is 3.47. The number of amides is 2. The summed E-state index contributed by atoms with van der Waals surface area (Å²) in [5.74, 6) is 0.497. The molecule has 2 atom stereocenters. The van der Waals surface area contributed by atoms with E-state index in [0.29, 0.717) is 49.9 Å². The van der Waals surface area contributed by atoms with Crippen LogP contribution in [0.1, 0.15) is 47.3 Å². The standard InChI is InChI=1S/C20H30N6O4/c1-4-5-6-30-20(28)24-15(12-29-3)10-21-16-7-13-8-22-19(27)17(13)18(25-16)14-9-23-26(2)11-14/h7,9,14-15H,4-6,8,10-12H2,1-3H3,(H,21,25)(H,22,27)(H,24,28)/t14?,15-/m1/s1. The molecule has 10 heteroatoms. The van der Waals surface area contributed by atoms with Crippen molar-refractivity contribution in [1.82, 2.24) is 20.6 Å². The summed E-state index contributed by atoms with van der Waals surface area (Å²) in [6, 6.07) is 1.58. The molecule has 0 aromatic carbocycles. The summed E-state index contributed by atoms with van der Waals surface area (Å²) in [5, 5.41) is 15.0. The smallest absolute Gasteiger partial charge is 0.407 e. The van der Waals surface area contributed by atoms with Crippen LogP contribution in [0.15, 0.2) is 11.2 Å². The minimum absolute atomic E-state index is 0.0456. The molecule has 1 aromatic heterocycles. The molecule has 0 saturated heterocycles. The third-order valence-electron chi connectivity index (χ3n) is 5.00. The largest absolute Gasteiger partial charge is 0.450 e. The van der Waals surface area contributed by atoms with Crippen LogP contribution in [0.3, 0.4) is 0 Å². The summed E-state index contributed by atoms with van der Waals surface area (Å²) < 4.78 is 10.4. The number of carbonyl (C=O) groups is 2. The Kier molecular flexibility index (Phi) is 7.45. The van der Waals surface area contributed by atoms with Crippen molar-refractivity contribution in [2.75, 3.05) is 45.8 Å². The monoisotopic (exact) mass is 418 g/mol. The molecule has 0 saturated carbocycles. The van der Waals surface area contributed by atoms with E-state index in [9.17, 15) is 9.59 Å².